The third-order valence-corrected chi connectivity index (χ3v) is 6.32. The molecule has 2 amide bonds. The fourth-order valence-electron chi connectivity index (χ4n) is 4.43. The largest absolute Gasteiger partial charge is 0.354 e. The molecule has 1 aromatic rings. The first-order valence-corrected chi connectivity index (χ1v) is 11.1. The zero-order chi connectivity index (χ0) is 20.8. The first kappa shape index (κ1) is 22.0. The monoisotopic (exact) mass is 423 g/mol. The SMILES string of the molecule is CCCC(=O)N1CCCC(C(=O)NCC(c2c(F)cccc2Cl)N2CCCC2)C1. The standard InChI is InChI=1S/C22H31ClFN3O2/c1-2-7-20(28)27-13-6-8-16(15-27)22(29)25-14-19(26-11-3-4-12-26)21-17(23)9-5-10-18(21)24/h5,9-10,16,19H,2-4,6-8,11-15H2,1H3,(H,25,29). The minimum Gasteiger partial charge on any atom is -0.354 e. The van der Waals surface area contributed by atoms with Crippen molar-refractivity contribution < 1.29 is 14.0 Å². The summed E-state index contributed by atoms with van der Waals surface area (Å²) in [5.41, 5.74) is 0.458. The zero-order valence-corrected chi connectivity index (χ0v) is 17.9. The van der Waals surface area contributed by atoms with Crippen LogP contribution in [0.25, 0.3) is 0 Å². The fraction of sp³-hybridized carbons (Fsp3) is 0.636. The molecule has 0 saturated carbocycles. The molecule has 1 N–H and O–H groups in total. The second-order valence-corrected chi connectivity index (χ2v) is 8.48. The number of benzene rings is 1. The predicted molar refractivity (Wildman–Crippen MR) is 112 cm³/mol. The van der Waals surface area contributed by atoms with Crippen LogP contribution in [-0.2, 0) is 9.59 Å². The van der Waals surface area contributed by atoms with Crippen molar-refractivity contribution in [3.05, 3.63) is 34.6 Å². The smallest absolute Gasteiger partial charge is 0.224 e. The fourth-order valence-corrected chi connectivity index (χ4v) is 4.72. The molecule has 0 spiro atoms. The van der Waals surface area contributed by atoms with Crippen LogP contribution in [0.2, 0.25) is 5.02 Å². The summed E-state index contributed by atoms with van der Waals surface area (Å²) >= 11 is 6.33. The number of amides is 2. The number of likely N-dealkylation sites (tertiary alicyclic amines) is 2. The third kappa shape index (κ3) is 5.48. The Bertz CT molecular complexity index is 704. The molecule has 2 aliphatic heterocycles. The Morgan fingerprint density at radius 3 is 2.69 bits per heavy atom. The first-order chi connectivity index (χ1) is 14.0. The van der Waals surface area contributed by atoms with Crippen molar-refractivity contribution >= 4 is 23.4 Å². The van der Waals surface area contributed by atoms with Gasteiger partial charge in [-0.3, -0.25) is 14.5 Å². The number of rotatable bonds is 7. The molecule has 0 aliphatic carbocycles. The van der Waals surface area contributed by atoms with Crippen molar-refractivity contribution in [2.24, 2.45) is 5.92 Å². The second kappa shape index (κ2) is 10.4. The summed E-state index contributed by atoms with van der Waals surface area (Å²) < 4.78 is 14.6. The van der Waals surface area contributed by atoms with Crippen molar-refractivity contribution in [3.8, 4) is 0 Å². The van der Waals surface area contributed by atoms with Crippen molar-refractivity contribution in [1.29, 1.82) is 0 Å². The van der Waals surface area contributed by atoms with Gasteiger partial charge >= 0.3 is 0 Å². The van der Waals surface area contributed by atoms with Gasteiger partial charge < -0.3 is 10.2 Å². The van der Waals surface area contributed by atoms with Crippen LogP contribution in [0.3, 0.4) is 0 Å². The molecule has 2 unspecified atom stereocenters. The number of carbonyl (C=O) groups is 2. The molecular weight excluding hydrogens is 393 g/mol. The summed E-state index contributed by atoms with van der Waals surface area (Å²) in [7, 11) is 0. The molecular formula is C22H31ClFN3O2. The number of carbonyl (C=O) groups excluding carboxylic acids is 2. The molecule has 7 heteroatoms. The maximum Gasteiger partial charge on any atom is 0.224 e. The van der Waals surface area contributed by atoms with E-state index < -0.39 is 0 Å². The number of hydrogen-bond donors (Lipinski definition) is 1. The van der Waals surface area contributed by atoms with Crippen LogP contribution < -0.4 is 5.32 Å². The Balaban J connectivity index is 1.66. The Kier molecular flexibility index (Phi) is 7.90. The van der Waals surface area contributed by atoms with Gasteiger partial charge in [-0.1, -0.05) is 24.6 Å². The number of piperidine rings is 1. The Morgan fingerprint density at radius 2 is 2.00 bits per heavy atom. The normalized spacial score (nSPS) is 21.2. The maximum absolute atomic E-state index is 14.6. The van der Waals surface area contributed by atoms with E-state index in [0.717, 1.165) is 51.7 Å². The molecule has 1 aromatic carbocycles. The van der Waals surface area contributed by atoms with Gasteiger partial charge in [-0.2, -0.15) is 0 Å². The van der Waals surface area contributed by atoms with Crippen LogP contribution in [-0.4, -0.2) is 54.3 Å². The van der Waals surface area contributed by atoms with E-state index in [-0.39, 0.29) is 29.6 Å². The molecule has 0 aromatic heterocycles. The van der Waals surface area contributed by atoms with Crippen LogP contribution >= 0.6 is 11.6 Å². The number of nitrogens with one attached hydrogen (secondary N) is 1. The van der Waals surface area contributed by atoms with E-state index >= 15 is 0 Å². The van der Waals surface area contributed by atoms with Gasteiger partial charge in [0.2, 0.25) is 11.8 Å². The minimum absolute atomic E-state index is 0.0596. The lowest BCUT2D eigenvalue weighted by molar-refractivity contribution is -0.135. The summed E-state index contributed by atoms with van der Waals surface area (Å²) in [5.74, 6) is -0.480. The Morgan fingerprint density at radius 1 is 1.24 bits per heavy atom. The maximum atomic E-state index is 14.6. The van der Waals surface area contributed by atoms with Crippen LogP contribution in [0, 0.1) is 11.7 Å². The van der Waals surface area contributed by atoms with E-state index in [9.17, 15) is 14.0 Å². The second-order valence-electron chi connectivity index (χ2n) is 8.07. The van der Waals surface area contributed by atoms with E-state index in [1.54, 1.807) is 12.1 Å². The lowest BCUT2D eigenvalue weighted by Gasteiger charge is -2.33. The number of halogens is 2. The summed E-state index contributed by atoms with van der Waals surface area (Å²) in [6.07, 6.45) is 5.07. The quantitative estimate of drug-likeness (QED) is 0.726. The lowest BCUT2D eigenvalue weighted by atomic mass is 9.96. The van der Waals surface area contributed by atoms with E-state index in [4.69, 9.17) is 11.6 Å². The average Bonchev–Trinajstić information content (AvgIpc) is 3.24. The molecule has 3 rings (SSSR count). The van der Waals surface area contributed by atoms with Gasteiger partial charge in [0.05, 0.1) is 12.0 Å². The van der Waals surface area contributed by atoms with Crippen molar-refractivity contribution in [3.63, 3.8) is 0 Å². The van der Waals surface area contributed by atoms with Gasteiger partial charge in [-0.15, -0.1) is 0 Å². The highest BCUT2D eigenvalue weighted by molar-refractivity contribution is 6.31. The molecule has 2 fully saturated rings. The average molecular weight is 424 g/mol. The zero-order valence-electron chi connectivity index (χ0n) is 17.1. The van der Waals surface area contributed by atoms with Crippen LogP contribution in [0.4, 0.5) is 4.39 Å². The van der Waals surface area contributed by atoms with Crippen molar-refractivity contribution in [1.82, 2.24) is 15.1 Å². The van der Waals surface area contributed by atoms with E-state index in [1.807, 2.05) is 11.8 Å². The van der Waals surface area contributed by atoms with Gasteiger partial charge in [0.1, 0.15) is 5.82 Å². The molecule has 2 heterocycles. The van der Waals surface area contributed by atoms with Crippen molar-refractivity contribution in [2.75, 3.05) is 32.7 Å². The number of nitrogens with zero attached hydrogens (tertiary/aromatic N) is 2. The predicted octanol–water partition coefficient (Wildman–Crippen LogP) is 3.77. The van der Waals surface area contributed by atoms with E-state index in [1.165, 1.54) is 6.07 Å². The molecule has 29 heavy (non-hydrogen) atoms. The molecule has 5 nitrogen and oxygen atoms in total. The van der Waals surface area contributed by atoms with Crippen molar-refractivity contribution in [2.45, 2.75) is 51.5 Å². The van der Waals surface area contributed by atoms with Gasteiger partial charge in [-0.05, 0) is 57.3 Å². The molecule has 2 aliphatic rings. The summed E-state index contributed by atoms with van der Waals surface area (Å²) in [6.45, 7) is 5.24. The summed E-state index contributed by atoms with van der Waals surface area (Å²) in [6, 6.07) is 4.44. The van der Waals surface area contributed by atoms with Crippen LogP contribution in [0.5, 0.6) is 0 Å². The molecule has 2 saturated heterocycles. The minimum atomic E-state index is -0.336. The molecule has 0 bridgehead atoms. The van der Waals surface area contributed by atoms with Gasteiger partial charge in [-0.25, -0.2) is 4.39 Å². The Labute approximate surface area is 177 Å². The summed E-state index contributed by atoms with van der Waals surface area (Å²) in [4.78, 5) is 29.1. The number of hydrogen-bond acceptors (Lipinski definition) is 3. The molecule has 2 atom stereocenters. The van der Waals surface area contributed by atoms with E-state index in [0.29, 0.717) is 30.1 Å². The summed E-state index contributed by atoms with van der Waals surface area (Å²) in [5, 5.41) is 3.42. The molecule has 0 radical (unpaired) electrons. The highest BCUT2D eigenvalue weighted by atomic mass is 35.5. The van der Waals surface area contributed by atoms with Gasteiger partial charge in [0, 0.05) is 36.6 Å². The van der Waals surface area contributed by atoms with Gasteiger partial charge in [0.15, 0.2) is 0 Å². The third-order valence-electron chi connectivity index (χ3n) is 5.99. The van der Waals surface area contributed by atoms with E-state index in [2.05, 4.69) is 10.2 Å². The highest BCUT2D eigenvalue weighted by Crippen LogP contribution is 2.32. The highest BCUT2D eigenvalue weighted by Gasteiger charge is 2.31. The van der Waals surface area contributed by atoms with Crippen LogP contribution in [0.15, 0.2) is 18.2 Å². The topological polar surface area (TPSA) is 52.7 Å². The Hall–Kier alpha value is -1.66. The first-order valence-electron chi connectivity index (χ1n) is 10.7. The lowest BCUT2D eigenvalue weighted by Crippen LogP contribution is -2.47. The molecule has 160 valence electrons. The van der Waals surface area contributed by atoms with Gasteiger partial charge in [0.25, 0.3) is 0 Å². The van der Waals surface area contributed by atoms with Crippen LogP contribution in [0.1, 0.15) is 57.1 Å².